The standard InChI is InChI=1S/C35H33N3O7S2/c1-24-9-15-29(16-10-24)46(41,42)36-32-19-13-27(21-31(32)35(39)40)45-28-14-20-33(37-47(43,44)30-17-11-25(2)12-18-30)34(22-28)38(3)23-26-7-5-4-6-8-26/h4-22,36-37H,23H2,1-3H3,(H,39,40). The fourth-order valence-corrected chi connectivity index (χ4v) is 6.90. The maximum Gasteiger partial charge on any atom is 0.337 e. The Morgan fingerprint density at radius 1 is 0.681 bits per heavy atom. The van der Waals surface area contributed by atoms with Gasteiger partial charge in [0.25, 0.3) is 20.0 Å². The predicted octanol–water partition coefficient (Wildman–Crippen LogP) is 7.03. The van der Waals surface area contributed by atoms with Crippen molar-refractivity contribution in [1.82, 2.24) is 0 Å². The Labute approximate surface area is 274 Å². The highest BCUT2D eigenvalue weighted by atomic mass is 32.2. The number of benzene rings is 5. The van der Waals surface area contributed by atoms with Crippen molar-refractivity contribution in [3.05, 3.63) is 138 Å². The largest absolute Gasteiger partial charge is 0.478 e. The number of carboxylic acids is 1. The first-order chi connectivity index (χ1) is 22.3. The maximum absolute atomic E-state index is 13.3. The highest BCUT2D eigenvalue weighted by Gasteiger charge is 2.21. The van der Waals surface area contributed by atoms with Gasteiger partial charge in [0.15, 0.2) is 0 Å². The van der Waals surface area contributed by atoms with E-state index in [9.17, 15) is 26.7 Å². The molecule has 0 aliphatic heterocycles. The second-order valence-electron chi connectivity index (χ2n) is 11.0. The van der Waals surface area contributed by atoms with Gasteiger partial charge in [-0.25, -0.2) is 21.6 Å². The van der Waals surface area contributed by atoms with Gasteiger partial charge in [0.1, 0.15) is 11.5 Å². The molecule has 0 amide bonds. The average Bonchev–Trinajstić information content (AvgIpc) is 3.03. The van der Waals surface area contributed by atoms with Crippen LogP contribution in [0.4, 0.5) is 17.1 Å². The number of hydrogen-bond donors (Lipinski definition) is 3. The Balaban J connectivity index is 1.45. The van der Waals surface area contributed by atoms with Gasteiger partial charge in [-0.2, -0.15) is 0 Å². The molecule has 0 saturated carbocycles. The molecule has 5 rings (SSSR count). The molecular formula is C35H33N3O7S2. The van der Waals surface area contributed by atoms with E-state index in [4.69, 9.17) is 4.74 Å². The van der Waals surface area contributed by atoms with Gasteiger partial charge in [-0.05, 0) is 74.0 Å². The van der Waals surface area contributed by atoms with Crippen molar-refractivity contribution in [3.63, 3.8) is 0 Å². The number of sulfonamides is 2. The van der Waals surface area contributed by atoms with Gasteiger partial charge in [-0.1, -0.05) is 65.7 Å². The van der Waals surface area contributed by atoms with E-state index in [1.54, 1.807) is 42.5 Å². The summed E-state index contributed by atoms with van der Waals surface area (Å²) in [6.45, 7) is 4.14. The van der Waals surface area contributed by atoms with Crippen LogP contribution in [0.3, 0.4) is 0 Å². The van der Waals surface area contributed by atoms with Gasteiger partial charge in [0, 0.05) is 19.7 Å². The highest BCUT2D eigenvalue weighted by molar-refractivity contribution is 7.93. The van der Waals surface area contributed by atoms with Gasteiger partial charge < -0.3 is 14.7 Å². The van der Waals surface area contributed by atoms with E-state index >= 15 is 0 Å². The van der Waals surface area contributed by atoms with E-state index in [1.807, 2.05) is 56.1 Å². The summed E-state index contributed by atoms with van der Waals surface area (Å²) in [5, 5.41) is 9.91. The first-order valence-corrected chi connectivity index (χ1v) is 17.4. The van der Waals surface area contributed by atoms with Crippen LogP contribution in [0.2, 0.25) is 0 Å². The number of carboxylic acid groups (broad SMARTS) is 1. The predicted molar refractivity (Wildman–Crippen MR) is 182 cm³/mol. The molecule has 0 heterocycles. The molecule has 5 aromatic rings. The van der Waals surface area contributed by atoms with Crippen LogP contribution in [0.1, 0.15) is 27.0 Å². The van der Waals surface area contributed by atoms with Crippen molar-refractivity contribution in [3.8, 4) is 11.5 Å². The Morgan fingerprint density at radius 2 is 1.17 bits per heavy atom. The zero-order valence-corrected chi connectivity index (χ0v) is 27.5. The topological polar surface area (TPSA) is 142 Å². The lowest BCUT2D eigenvalue weighted by Crippen LogP contribution is -2.20. The average molecular weight is 672 g/mol. The van der Waals surface area contributed by atoms with Crippen molar-refractivity contribution in [1.29, 1.82) is 0 Å². The summed E-state index contributed by atoms with van der Waals surface area (Å²) in [7, 11) is -6.17. The fraction of sp³-hybridized carbons (Fsp3) is 0.114. The third-order valence-electron chi connectivity index (χ3n) is 7.25. The Kier molecular flexibility index (Phi) is 9.54. The number of hydrogen-bond acceptors (Lipinski definition) is 7. The van der Waals surface area contributed by atoms with Crippen molar-refractivity contribution in [2.24, 2.45) is 0 Å². The monoisotopic (exact) mass is 671 g/mol. The van der Waals surface area contributed by atoms with E-state index < -0.39 is 26.0 Å². The summed E-state index contributed by atoms with van der Waals surface area (Å²) >= 11 is 0. The molecule has 5 aromatic carbocycles. The van der Waals surface area contributed by atoms with Crippen LogP contribution in [0.25, 0.3) is 0 Å². The van der Waals surface area contributed by atoms with Crippen molar-refractivity contribution < 1.29 is 31.5 Å². The van der Waals surface area contributed by atoms with E-state index in [1.165, 1.54) is 42.5 Å². The Morgan fingerprint density at radius 3 is 1.70 bits per heavy atom. The molecule has 0 bridgehead atoms. The molecule has 0 unspecified atom stereocenters. The van der Waals surface area contributed by atoms with Gasteiger partial charge in [-0.3, -0.25) is 9.44 Å². The smallest absolute Gasteiger partial charge is 0.337 e. The molecule has 10 nitrogen and oxygen atoms in total. The van der Waals surface area contributed by atoms with Crippen LogP contribution in [0, 0.1) is 13.8 Å². The number of rotatable bonds is 12. The second kappa shape index (κ2) is 13.6. The van der Waals surface area contributed by atoms with Gasteiger partial charge in [-0.15, -0.1) is 0 Å². The third kappa shape index (κ3) is 8.10. The van der Waals surface area contributed by atoms with Crippen LogP contribution >= 0.6 is 0 Å². The van der Waals surface area contributed by atoms with E-state index in [-0.39, 0.29) is 26.8 Å². The normalized spacial score (nSPS) is 11.5. The summed E-state index contributed by atoms with van der Waals surface area (Å²) in [5.41, 5.74) is 3.16. The summed E-state index contributed by atoms with van der Waals surface area (Å²) < 4.78 is 63.5. The molecule has 3 N–H and O–H groups in total. The zero-order chi connectivity index (χ0) is 33.8. The van der Waals surface area contributed by atoms with Crippen molar-refractivity contribution in [2.75, 3.05) is 21.4 Å². The van der Waals surface area contributed by atoms with Crippen molar-refractivity contribution >= 4 is 43.1 Å². The lowest BCUT2D eigenvalue weighted by atomic mass is 10.1. The summed E-state index contributed by atoms with van der Waals surface area (Å²) in [4.78, 5) is 14.1. The molecule has 12 heteroatoms. The lowest BCUT2D eigenvalue weighted by Gasteiger charge is -2.24. The SMILES string of the molecule is Cc1ccc(S(=O)(=O)Nc2ccc(Oc3ccc(NS(=O)(=O)c4ccc(C)cc4)c(N(C)Cc4ccccc4)c3)cc2C(=O)O)cc1. The molecule has 47 heavy (non-hydrogen) atoms. The van der Waals surface area contributed by atoms with Crippen LogP contribution in [0.5, 0.6) is 11.5 Å². The van der Waals surface area contributed by atoms with Gasteiger partial charge in [0.05, 0.1) is 32.4 Å². The number of aryl methyl sites for hydroxylation is 2. The molecular weight excluding hydrogens is 639 g/mol. The molecule has 0 radical (unpaired) electrons. The van der Waals surface area contributed by atoms with Crippen LogP contribution < -0.4 is 19.1 Å². The second-order valence-corrected chi connectivity index (χ2v) is 14.3. The quantitative estimate of drug-likeness (QED) is 0.128. The summed E-state index contributed by atoms with van der Waals surface area (Å²) in [5.74, 6) is -0.936. The third-order valence-corrected chi connectivity index (χ3v) is 10.0. The molecule has 0 aliphatic rings. The first kappa shape index (κ1) is 33.0. The van der Waals surface area contributed by atoms with Crippen LogP contribution in [0.15, 0.2) is 125 Å². The number of carbonyl (C=O) groups is 1. The lowest BCUT2D eigenvalue weighted by molar-refractivity contribution is 0.0697. The van der Waals surface area contributed by atoms with Gasteiger partial charge in [0.2, 0.25) is 0 Å². The number of anilines is 3. The molecule has 0 atom stereocenters. The Bertz CT molecular complexity index is 2120. The van der Waals surface area contributed by atoms with E-state index in [0.717, 1.165) is 16.7 Å². The van der Waals surface area contributed by atoms with Gasteiger partial charge >= 0.3 is 5.97 Å². The van der Waals surface area contributed by atoms with E-state index in [2.05, 4.69) is 9.44 Å². The highest BCUT2D eigenvalue weighted by Crippen LogP contribution is 2.35. The number of ether oxygens (including phenoxy) is 1. The number of aromatic carboxylic acids is 1. The first-order valence-electron chi connectivity index (χ1n) is 14.4. The molecule has 0 saturated heterocycles. The Hall–Kier alpha value is -5.33. The minimum absolute atomic E-state index is 0.00925. The van der Waals surface area contributed by atoms with Crippen LogP contribution in [-0.4, -0.2) is 35.0 Å². The van der Waals surface area contributed by atoms with Crippen LogP contribution in [-0.2, 0) is 26.6 Å². The number of nitrogens with one attached hydrogen (secondary N) is 2. The minimum atomic E-state index is -4.06. The number of nitrogens with zero attached hydrogens (tertiary/aromatic N) is 1. The summed E-state index contributed by atoms with van der Waals surface area (Å²) in [6, 6.07) is 31.1. The minimum Gasteiger partial charge on any atom is -0.478 e. The molecule has 0 aliphatic carbocycles. The summed E-state index contributed by atoms with van der Waals surface area (Å²) in [6.07, 6.45) is 0. The molecule has 0 spiro atoms. The fourth-order valence-electron chi connectivity index (χ4n) is 4.75. The van der Waals surface area contributed by atoms with Crippen molar-refractivity contribution in [2.45, 2.75) is 30.2 Å². The molecule has 242 valence electrons. The molecule has 0 aromatic heterocycles. The van der Waals surface area contributed by atoms with E-state index in [0.29, 0.717) is 23.7 Å². The molecule has 0 fully saturated rings. The zero-order valence-electron chi connectivity index (χ0n) is 25.8. The maximum atomic E-state index is 13.3.